The second-order valence-electron chi connectivity index (χ2n) is 24.0. The van der Waals surface area contributed by atoms with Crippen LogP contribution in [-0.4, -0.2) is 115 Å². The zero-order valence-electron chi connectivity index (χ0n) is 50.1. The molecule has 7 atom stereocenters. The number of nitrogens with two attached hydrogens (primary N) is 1. The highest BCUT2D eigenvalue weighted by Crippen LogP contribution is 2.59. The highest BCUT2D eigenvalue weighted by Gasteiger charge is 2.51. The minimum atomic E-state index is -5.79. The minimum Gasteiger partial charge on any atom is -0.391 e. The molecule has 7 amide bonds. The van der Waals surface area contributed by atoms with Crippen molar-refractivity contribution in [3.63, 3.8) is 0 Å². The lowest BCUT2D eigenvalue weighted by Gasteiger charge is -2.35. The van der Waals surface area contributed by atoms with Crippen LogP contribution in [0.5, 0.6) is 0 Å². The first-order valence-electron chi connectivity index (χ1n) is 29.4. The zero-order valence-corrected chi connectivity index (χ0v) is 51.8. The second kappa shape index (κ2) is 28.3. The van der Waals surface area contributed by atoms with Crippen LogP contribution in [0.25, 0.3) is 16.0 Å². The first kappa shape index (κ1) is 66.4. The smallest absolute Gasteiger partial charge is 0.391 e. The highest BCUT2D eigenvalue weighted by atomic mass is 32.1. The number of unbranched alkanes of at least 4 members (excludes halogenated alkanes) is 1. The molecule has 1 fully saturated rings. The molecule has 470 valence electrons. The van der Waals surface area contributed by atoms with Gasteiger partial charge in [-0.05, 0) is 109 Å². The van der Waals surface area contributed by atoms with Gasteiger partial charge < -0.3 is 51.5 Å². The Balaban J connectivity index is 0.810. The van der Waals surface area contributed by atoms with Gasteiger partial charge >= 0.3 is 13.3 Å². The Kier molecular flexibility index (Phi) is 21.4. The molecular weight excluding hydrogens is 1170 g/mol. The number of primary amides is 1. The Hall–Kier alpha value is -7.53. The van der Waals surface area contributed by atoms with Gasteiger partial charge in [0.05, 0.1) is 46.6 Å². The fourth-order valence-corrected chi connectivity index (χ4v) is 12.6. The lowest BCUT2D eigenvalue weighted by molar-refractivity contribution is -0.144. The Morgan fingerprint density at radius 2 is 1.56 bits per heavy atom. The number of hydrogen-bond acceptors (Lipinski definition) is 12. The van der Waals surface area contributed by atoms with Crippen molar-refractivity contribution in [3.05, 3.63) is 147 Å². The van der Waals surface area contributed by atoms with Crippen LogP contribution in [0.4, 0.5) is 14.5 Å². The number of β-amino-alcohol motifs (C(OH)–C–C–N with tert-alkyl or cyclic N) is 1. The molecule has 1 aromatic heterocycles. The van der Waals surface area contributed by atoms with Gasteiger partial charge in [0.25, 0.3) is 0 Å². The molecule has 24 heteroatoms. The summed E-state index contributed by atoms with van der Waals surface area (Å²) in [5.74, 6) is -3.40. The number of aliphatic hydroxyl groups excluding tert-OH is 1. The quantitative estimate of drug-likeness (QED) is 0.0166. The number of ether oxygens (including phenoxy) is 1. The summed E-state index contributed by atoms with van der Waals surface area (Å²) in [6, 6.07) is 20.6. The Labute approximate surface area is 514 Å². The van der Waals surface area contributed by atoms with Gasteiger partial charge in [0.15, 0.2) is 0 Å². The number of thiazole rings is 1. The van der Waals surface area contributed by atoms with E-state index in [1.54, 1.807) is 23.8 Å². The summed E-state index contributed by atoms with van der Waals surface area (Å²) in [6.45, 7) is 11.1. The Morgan fingerprint density at radius 1 is 0.886 bits per heavy atom. The van der Waals surface area contributed by atoms with Crippen LogP contribution < -0.4 is 31.9 Å². The van der Waals surface area contributed by atoms with E-state index in [0.29, 0.717) is 42.5 Å². The summed E-state index contributed by atoms with van der Waals surface area (Å²) in [5.41, 5.74) is 8.85. The molecule has 4 aromatic carbocycles. The van der Waals surface area contributed by atoms with Gasteiger partial charge in [0.1, 0.15) is 24.2 Å². The molecule has 5 aromatic rings. The van der Waals surface area contributed by atoms with Crippen molar-refractivity contribution >= 4 is 71.5 Å². The van der Waals surface area contributed by atoms with Crippen molar-refractivity contribution in [2.24, 2.45) is 11.1 Å². The standard InChI is InChI=1S/C64H77F2N8O12PS/c1-37(43-22-25-47(26-23-43)64(65,66)87(83,84)85)30-55(78)70-50-27-24-44-11-9-12-46-31-52(74(56(44)46)61(50)81)60(80)71-49(28-29-53(67)76)39(3)86-35-42-16-14-40(15-17-42)10-7-8-13-54(77)72-58(63(4,5)6)62(82)73-34-48(75)32-51(73)59(79)68-33-41-18-20-45(21-19-41)57-38(2)69-36-88-57/h9,11-12,14-23,25-26,30,36,39,48-52,58,75H,7-8,10,13,24,27-29,31-35H2,1-6H3,(H2,67,76)(H,68,79)(H,70,78)(H,71,80)(H,72,77)(H2,83,84,85)/b37-30+/t39-,48-,49+,50+,51+,52+,58-/m1/s1. The number of benzene rings is 4. The van der Waals surface area contributed by atoms with Gasteiger partial charge in [-0.15, -0.1) is 11.3 Å². The molecule has 3 aliphatic rings. The lowest BCUT2D eigenvalue weighted by Crippen LogP contribution is -2.57. The monoisotopic (exact) mass is 1250 g/mol. The molecule has 0 saturated carbocycles. The number of carbonyl (C=O) groups excluding carboxylic acids is 7. The number of para-hydroxylation sites is 1. The molecule has 88 heavy (non-hydrogen) atoms. The summed E-state index contributed by atoms with van der Waals surface area (Å²) >= 11 is 1.56. The third-order valence-electron chi connectivity index (χ3n) is 16.4. The topological polar surface area (TPSA) is 300 Å². The summed E-state index contributed by atoms with van der Waals surface area (Å²) in [7, 11) is -5.79. The Morgan fingerprint density at radius 3 is 2.20 bits per heavy atom. The van der Waals surface area contributed by atoms with Crippen LogP contribution in [-0.2, 0) is 80.9 Å². The van der Waals surface area contributed by atoms with E-state index in [4.69, 9.17) is 20.3 Å². The van der Waals surface area contributed by atoms with E-state index < -0.39 is 96.2 Å². The third kappa shape index (κ3) is 16.2. The van der Waals surface area contributed by atoms with E-state index in [1.165, 1.54) is 34.9 Å². The molecule has 0 aliphatic carbocycles. The van der Waals surface area contributed by atoms with Crippen molar-refractivity contribution in [2.75, 3.05) is 11.4 Å². The van der Waals surface area contributed by atoms with Crippen LogP contribution >= 0.6 is 18.9 Å². The minimum absolute atomic E-state index is 0.0335. The maximum atomic E-state index is 14.5. The van der Waals surface area contributed by atoms with Gasteiger partial charge in [0, 0.05) is 50.4 Å². The molecular formula is C64H77F2N8O12PS. The van der Waals surface area contributed by atoms with E-state index in [0.717, 1.165) is 56.1 Å². The van der Waals surface area contributed by atoms with Crippen LogP contribution in [0.2, 0.25) is 0 Å². The number of halogens is 2. The van der Waals surface area contributed by atoms with Crippen molar-refractivity contribution in [1.82, 2.24) is 31.2 Å². The van der Waals surface area contributed by atoms with Gasteiger partial charge in [-0.1, -0.05) is 112 Å². The van der Waals surface area contributed by atoms with E-state index in [2.05, 4.69) is 26.3 Å². The molecule has 0 unspecified atom stereocenters. The molecule has 8 rings (SSSR count). The summed E-state index contributed by atoms with van der Waals surface area (Å²) in [4.78, 5) is 122. The molecule has 0 bridgehead atoms. The average Bonchev–Trinajstić information content (AvgIpc) is 2.16. The molecule has 1 saturated heterocycles. The molecule has 0 radical (unpaired) electrons. The Bertz CT molecular complexity index is 3460. The average molecular weight is 1250 g/mol. The van der Waals surface area contributed by atoms with Crippen molar-refractivity contribution in [1.29, 1.82) is 0 Å². The fourth-order valence-electron chi connectivity index (χ4n) is 11.3. The number of carbonyl (C=O) groups is 7. The lowest BCUT2D eigenvalue weighted by atomic mass is 9.85. The van der Waals surface area contributed by atoms with E-state index >= 15 is 0 Å². The van der Waals surface area contributed by atoms with E-state index in [1.807, 2.05) is 94.4 Å². The number of rotatable bonds is 25. The SMILES string of the molecule is C/C(=C\C(=O)N[C@H]1CCc2cccc3c2N(C1=O)[C@H](C(=O)N[C@@H](CCC(N)=O)[C@@H](C)OCc1ccc(CCCCC(=O)N[C@H](C(=O)N2C[C@H](O)C[C@H]2C(=O)NCc2ccc(-c4scnc4C)cc2)C(C)(C)C)cc1)C3)c1ccc(C(F)(F)P(=O)(O)O)cc1. The summed E-state index contributed by atoms with van der Waals surface area (Å²) < 4.78 is 46.2. The van der Waals surface area contributed by atoms with Crippen LogP contribution in [0.1, 0.15) is 124 Å². The molecule has 9 N–H and O–H groups in total. The van der Waals surface area contributed by atoms with E-state index in [9.17, 15) is 52.0 Å². The largest absolute Gasteiger partial charge is 0.399 e. The molecule has 0 spiro atoms. The fraction of sp³-hybridized carbons (Fsp3) is 0.438. The number of allylic oxidation sites excluding steroid dienone is 1. The number of likely N-dealkylation sites (tertiary alicyclic amines) is 1. The van der Waals surface area contributed by atoms with Crippen LogP contribution in [0.15, 0.2) is 103 Å². The van der Waals surface area contributed by atoms with Gasteiger partial charge in [-0.25, -0.2) is 4.98 Å². The number of aliphatic hydroxyl groups is 1. The zero-order chi connectivity index (χ0) is 63.8. The first-order chi connectivity index (χ1) is 41.6. The number of nitrogens with zero attached hydrogens (tertiary/aromatic N) is 3. The summed E-state index contributed by atoms with van der Waals surface area (Å²) in [5, 5.41) is 22.3. The van der Waals surface area contributed by atoms with Crippen LogP contribution in [0, 0.1) is 12.3 Å². The number of amides is 7. The molecule has 3 aliphatic heterocycles. The summed E-state index contributed by atoms with van der Waals surface area (Å²) in [6.07, 6.45) is 2.60. The predicted molar refractivity (Wildman–Crippen MR) is 328 cm³/mol. The van der Waals surface area contributed by atoms with Gasteiger partial charge in [0.2, 0.25) is 41.4 Å². The van der Waals surface area contributed by atoms with Crippen LogP contribution in [0.3, 0.4) is 0 Å². The maximum absolute atomic E-state index is 14.5. The van der Waals surface area contributed by atoms with E-state index in [-0.39, 0.29) is 70.0 Å². The number of nitrogens with one attached hydrogen (secondary N) is 4. The molecule has 20 nitrogen and oxygen atoms in total. The molecule has 4 heterocycles. The van der Waals surface area contributed by atoms with Crippen molar-refractivity contribution in [3.8, 4) is 10.4 Å². The number of anilines is 1. The maximum Gasteiger partial charge on any atom is 0.399 e. The van der Waals surface area contributed by atoms with Gasteiger partial charge in [-0.2, -0.15) is 8.78 Å². The number of hydrogen-bond donors (Lipinski definition) is 8. The third-order valence-corrected chi connectivity index (χ3v) is 18.4. The number of aromatic nitrogens is 1. The predicted octanol–water partition coefficient (Wildman–Crippen LogP) is 7.02. The van der Waals surface area contributed by atoms with Gasteiger partial charge in [-0.3, -0.25) is 43.0 Å². The normalized spacial score (nSPS) is 18.9. The second-order valence-corrected chi connectivity index (χ2v) is 26.6. The first-order valence-corrected chi connectivity index (χ1v) is 31.9. The van der Waals surface area contributed by atoms with Crippen molar-refractivity contribution < 1.29 is 66.5 Å². The number of aryl methyl sites for hydroxylation is 3. The highest BCUT2D eigenvalue weighted by molar-refractivity contribution is 7.52. The van der Waals surface area contributed by atoms with Crippen molar-refractivity contribution in [2.45, 2.75) is 167 Å². The number of alkyl halides is 2.